The van der Waals surface area contributed by atoms with Crippen LogP contribution in [0, 0.1) is 11.6 Å². The SMILES string of the molecule is Fc1cccc(Oc2nnc(Br)s2)c1F. The molecule has 1 aromatic carbocycles. The summed E-state index contributed by atoms with van der Waals surface area (Å²) in [5.41, 5.74) is 0. The number of rotatable bonds is 2. The van der Waals surface area contributed by atoms with Crippen LogP contribution in [0.25, 0.3) is 0 Å². The van der Waals surface area contributed by atoms with Gasteiger partial charge in [-0.05, 0) is 39.4 Å². The van der Waals surface area contributed by atoms with Crippen LogP contribution in [0.3, 0.4) is 0 Å². The van der Waals surface area contributed by atoms with E-state index < -0.39 is 11.6 Å². The summed E-state index contributed by atoms with van der Waals surface area (Å²) < 4.78 is 31.4. The van der Waals surface area contributed by atoms with E-state index in [1.54, 1.807) is 0 Å². The van der Waals surface area contributed by atoms with Crippen LogP contribution in [0.1, 0.15) is 0 Å². The first-order valence-electron chi connectivity index (χ1n) is 3.77. The number of benzene rings is 1. The fraction of sp³-hybridized carbons (Fsp3) is 0. The van der Waals surface area contributed by atoms with Crippen LogP contribution < -0.4 is 4.74 Å². The molecule has 15 heavy (non-hydrogen) atoms. The molecule has 0 fully saturated rings. The van der Waals surface area contributed by atoms with Gasteiger partial charge in [-0.2, -0.15) is 4.39 Å². The summed E-state index contributed by atoms with van der Waals surface area (Å²) >= 11 is 4.16. The van der Waals surface area contributed by atoms with Gasteiger partial charge in [-0.1, -0.05) is 11.2 Å². The molecule has 3 nitrogen and oxygen atoms in total. The molecular weight excluding hydrogens is 290 g/mol. The number of hydrogen-bond acceptors (Lipinski definition) is 4. The number of nitrogens with zero attached hydrogens (tertiary/aromatic N) is 2. The Morgan fingerprint density at radius 1 is 1.27 bits per heavy atom. The van der Waals surface area contributed by atoms with Gasteiger partial charge in [0, 0.05) is 0 Å². The Kier molecular flexibility index (Phi) is 2.92. The normalized spacial score (nSPS) is 10.3. The predicted octanol–water partition coefficient (Wildman–Crippen LogP) is 3.37. The molecule has 1 aromatic heterocycles. The van der Waals surface area contributed by atoms with Crippen LogP contribution in [0.5, 0.6) is 10.9 Å². The highest BCUT2D eigenvalue weighted by molar-refractivity contribution is 9.11. The fourth-order valence-corrected chi connectivity index (χ4v) is 1.82. The Morgan fingerprint density at radius 2 is 2.07 bits per heavy atom. The molecule has 0 bridgehead atoms. The maximum absolute atomic E-state index is 13.1. The number of aromatic nitrogens is 2. The zero-order valence-electron chi connectivity index (χ0n) is 7.08. The minimum Gasteiger partial charge on any atom is -0.427 e. The van der Waals surface area contributed by atoms with Gasteiger partial charge in [-0.15, -0.1) is 5.10 Å². The summed E-state index contributed by atoms with van der Waals surface area (Å²) in [5.74, 6) is -2.21. The van der Waals surface area contributed by atoms with E-state index in [9.17, 15) is 8.78 Å². The van der Waals surface area contributed by atoms with Gasteiger partial charge < -0.3 is 4.74 Å². The molecule has 0 radical (unpaired) electrons. The molecule has 0 aliphatic rings. The van der Waals surface area contributed by atoms with Crippen molar-refractivity contribution in [1.82, 2.24) is 10.2 Å². The predicted molar refractivity (Wildman–Crippen MR) is 54.0 cm³/mol. The van der Waals surface area contributed by atoms with Gasteiger partial charge >= 0.3 is 0 Å². The average molecular weight is 293 g/mol. The van der Waals surface area contributed by atoms with Gasteiger partial charge in [0.2, 0.25) is 5.82 Å². The van der Waals surface area contributed by atoms with Gasteiger partial charge in [-0.25, -0.2) is 4.39 Å². The second-order valence-corrected chi connectivity index (χ2v) is 4.69. The highest BCUT2D eigenvalue weighted by Crippen LogP contribution is 2.29. The van der Waals surface area contributed by atoms with Gasteiger partial charge in [0.25, 0.3) is 5.19 Å². The van der Waals surface area contributed by atoms with Crippen LogP contribution in [0.2, 0.25) is 0 Å². The van der Waals surface area contributed by atoms with Crippen molar-refractivity contribution in [3.63, 3.8) is 0 Å². The first kappa shape index (κ1) is 10.4. The summed E-state index contributed by atoms with van der Waals surface area (Å²) in [6.45, 7) is 0. The molecule has 0 atom stereocenters. The first-order chi connectivity index (χ1) is 7.16. The standard InChI is InChI=1S/C8H3BrF2N2OS/c9-7-12-13-8(15-7)14-5-3-1-2-4(10)6(5)11/h1-3H. The van der Waals surface area contributed by atoms with E-state index in [0.29, 0.717) is 3.92 Å². The van der Waals surface area contributed by atoms with E-state index in [4.69, 9.17) is 4.74 Å². The van der Waals surface area contributed by atoms with Crippen molar-refractivity contribution in [3.05, 3.63) is 33.8 Å². The zero-order chi connectivity index (χ0) is 10.8. The zero-order valence-corrected chi connectivity index (χ0v) is 9.48. The van der Waals surface area contributed by atoms with Crippen molar-refractivity contribution in [2.45, 2.75) is 0 Å². The highest BCUT2D eigenvalue weighted by atomic mass is 79.9. The Hall–Kier alpha value is -1.08. The van der Waals surface area contributed by atoms with Gasteiger partial charge in [0.05, 0.1) is 0 Å². The molecule has 0 amide bonds. The van der Waals surface area contributed by atoms with Gasteiger partial charge in [0.1, 0.15) is 0 Å². The lowest BCUT2D eigenvalue weighted by Gasteiger charge is -2.01. The van der Waals surface area contributed by atoms with Crippen molar-refractivity contribution in [2.24, 2.45) is 0 Å². The summed E-state index contributed by atoms with van der Waals surface area (Å²) in [4.78, 5) is 0. The van der Waals surface area contributed by atoms with Crippen LogP contribution in [-0.4, -0.2) is 10.2 Å². The third kappa shape index (κ3) is 2.29. The van der Waals surface area contributed by atoms with E-state index in [0.717, 1.165) is 17.4 Å². The fourth-order valence-electron chi connectivity index (χ4n) is 0.891. The van der Waals surface area contributed by atoms with Gasteiger partial charge in [-0.3, -0.25) is 0 Å². The Bertz CT molecular complexity index is 491. The van der Waals surface area contributed by atoms with Crippen LogP contribution >= 0.6 is 27.3 Å². The van der Waals surface area contributed by atoms with Crippen LogP contribution in [0.15, 0.2) is 22.1 Å². The maximum atomic E-state index is 13.1. The van der Waals surface area contributed by atoms with Crippen molar-refractivity contribution in [2.75, 3.05) is 0 Å². The lowest BCUT2D eigenvalue weighted by atomic mass is 10.3. The second-order valence-electron chi connectivity index (χ2n) is 2.47. The quantitative estimate of drug-likeness (QED) is 0.851. The molecule has 0 saturated carbocycles. The Morgan fingerprint density at radius 3 is 2.73 bits per heavy atom. The third-order valence-corrected chi connectivity index (χ3v) is 2.73. The average Bonchev–Trinajstić information content (AvgIpc) is 2.59. The number of hydrogen-bond donors (Lipinski definition) is 0. The Balaban J connectivity index is 2.28. The summed E-state index contributed by atoms with van der Waals surface area (Å²) in [7, 11) is 0. The maximum Gasteiger partial charge on any atom is 0.300 e. The molecule has 2 rings (SSSR count). The Labute approximate surface area is 95.8 Å². The van der Waals surface area contributed by atoms with Crippen molar-refractivity contribution in [3.8, 4) is 10.9 Å². The molecule has 1 heterocycles. The minimum absolute atomic E-state index is 0.145. The third-order valence-electron chi connectivity index (χ3n) is 1.50. The molecule has 0 saturated heterocycles. The summed E-state index contributed by atoms with van der Waals surface area (Å²) in [6.07, 6.45) is 0. The summed E-state index contributed by atoms with van der Waals surface area (Å²) in [5, 5.41) is 7.35. The highest BCUT2D eigenvalue weighted by Gasteiger charge is 2.11. The van der Waals surface area contributed by atoms with E-state index in [1.165, 1.54) is 12.1 Å². The second kappa shape index (κ2) is 4.19. The molecule has 0 aliphatic carbocycles. The van der Waals surface area contributed by atoms with E-state index in [-0.39, 0.29) is 10.9 Å². The molecular formula is C8H3BrF2N2OS. The molecule has 2 aromatic rings. The smallest absolute Gasteiger partial charge is 0.300 e. The summed E-state index contributed by atoms with van der Waals surface area (Å²) in [6, 6.07) is 3.68. The topological polar surface area (TPSA) is 35.0 Å². The first-order valence-corrected chi connectivity index (χ1v) is 5.38. The molecule has 0 N–H and O–H groups in total. The number of ether oxygens (including phenoxy) is 1. The van der Waals surface area contributed by atoms with Crippen molar-refractivity contribution >= 4 is 27.3 Å². The van der Waals surface area contributed by atoms with Crippen LogP contribution in [0.4, 0.5) is 8.78 Å². The van der Waals surface area contributed by atoms with E-state index in [1.807, 2.05) is 0 Å². The molecule has 7 heteroatoms. The molecule has 0 aliphatic heterocycles. The molecule has 78 valence electrons. The minimum atomic E-state index is -1.04. The molecule has 0 spiro atoms. The lowest BCUT2D eigenvalue weighted by Crippen LogP contribution is -1.90. The van der Waals surface area contributed by atoms with E-state index in [2.05, 4.69) is 26.1 Å². The van der Waals surface area contributed by atoms with E-state index >= 15 is 0 Å². The van der Waals surface area contributed by atoms with Crippen LogP contribution in [-0.2, 0) is 0 Å². The molecule has 0 unspecified atom stereocenters. The number of halogens is 3. The largest absolute Gasteiger partial charge is 0.427 e. The lowest BCUT2D eigenvalue weighted by molar-refractivity contribution is 0.411. The van der Waals surface area contributed by atoms with Crippen molar-refractivity contribution in [1.29, 1.82) is 0 Å². The van der Waals surface area contributed by atoms with Gasteiger partial charge in [0.15, 0.2) is 15.5 Å². The van der Waals surface area contributed by atoms with Crippen molar-refractivity contribution < 1.29 is 13.5 Å². The monoisotopic (exact) mass is 292 g/mol.